The number of amides is 1. The molecule has 3 rings (SSSR count). The molecule has 0 radical (unpaired) electrons. The summed E-state index contributed by atoms with van der Waals surface area (Å²) < 4.78 is 17.0. The number of nitrogens with zero attached hydrogens (tertiary/aromatic N) is 2. The van der Waals surface area contributed by atoms with Crippen LogP contribution in [0.15, 0.2) is 36.4 Å². The van der Waals surface area contributed by atoms with Crippen LogP contribution in [0.2, 0.25) is 0 Å². The Morgan fingerprint density at radius 2 is 1.53 bits per heavy atom. The fraction of sp³-hybridized carbons (Fsp3) is 0.318. The average molecular weight is 428 g/mol. The fourth-order valence-corrected chi connectivity index (χ4v) is 3.52. The van der Waals surface area contributed by atoms with Crippen molar-refractivity contribution in [2.24, 2.45) is 0 Å². The van der Waals surface area contributed by atoms with E-state index < -0.39 is 0 Å². The van der Waals surface area contributed by atoms with E-state index in [1.165, 1.54) is 16.9 Å². The first kappa shape index (κ1) is 21.6. The van der Waals surface area contributed by atoms with Gasteiger partial charge in [-0.25, -0.2) is 0 Å². The highest BCUT2D eigenvalue weighted by molar-refractivity contribution is 7.18. The van der Waals surface area contributed by atoms with Crippen molar-refractivity contribution in [3.63, 3.8) is 0 Å². The second-order valence-corrected chi connectivity index (χ2v) is 7.31. The van der Waals surface area contributed by atoms with Crippen molar-refractivity contribution in [3.05, 3.63) is 47.5 Å². The Balaban J connectivity index is 1.85. The first-order valence-corrected chi connectivity index (χ1v) is 10.7. The molecule has 1 heterocycles. The Bertz CT molecular complexity index is 975. The van der Waals surface area contributed by atoms with Crippen LogP contribution in [0.4, 0.5) is 5.13 Å². The largest absolute Gasteiger partial charge is 0.490 e. The highest BCUT2D eigenvalue weighted by Gasteiger charge is 2.19. The molecule has 0 spiro atoms. The summed E-state index contributed by atoms with van der Waals surface area (Å²) >= 11 is 1.31. The van der Waals surface area contributed by atoms with Crippen molar-refractivity contribution in [2.75, 3.05) is 25.1 Å². The van der Waals surface area contributed by atoms with Crippen molar-refractivity contribution in [3.8, 4) is 27.8 Å². The Labute approximate surface area is 180 Å². The topological polar surface area (TPSA) is 82.6 Å². The number of hydrogen-bond acceptors (Lipinski definition) is 7. The van der Waals surface area contributed by atoms with Crippen molar-refractivity contribution < 1.29 is 19.0 Å². The summed E-state index contributed by atoms with van der Waals surface area (Å²) in [7, 11) is 0. The van der Waals surface area contributed by atoms with Gasteiger partial charge in [-0.1, -0.05) is 41.2 Å². The second-order valence-electron chi connectivity index (χ2n) is 6.33. The Kier molecular flexibility index (Phi) is 7.24. The third-order valence-electron chi connectivity index (χ3n) is 4.12. The predicted octanol–water partition coefficient (Wildman–Crippen LogP) is 4.96. The van der Waals surface area contributed by atoms with Crippen LogP contribution in [0, 0.1) is 6.92 Å². The van der Waals surface area contributed by atoms with Gasteiger partial charge < -0.3 is 14.2 Å². The predicted molar refractivity (Wildman–Crippen MR) is 118 cm³/mol. The summed E-state index contributed by atoms with van der Waals surface area (Å²) in [5, 5.41) is 12.2. The van der Waals surface area contributed by atoms with Gasteiger partial charge in [-0.3, -0.25) is 10.1 Å². The lowest BCUT2D eigenvalue weighted by molar-refractivity contribution is 0.102. The minimum atomic E-state index is -0.327. The van der Waals surface area contributed by atoms with E-state index in [4.69, 9.17) is 14.2 Å². The Hall–Kier alpha value is -3.13. The SMILES string of the molecule is CCOc1cc(C(=O)Nc2nnc(-c3ccc(C)cc3)s2)cc(OCC)c1OCC. The number of benzene rings is 2. The maximum atomic E-state index is 12.9. The molecular weight excluding hydrogens is 402 g/mol. The standard InChI is InChI=1S/C22H25N3O4S/c1-5-27-17-12-16(13-18(28-6-2)19(17)29-7-3)20(26)23-22-25-24-21(30-22)15-10-8-14(4)9-11-15/h8-13H,5-7H2,1-4H3,(H,23,25,26). The number of aromatic nitrogens is 2. The summed E-state index contributed by atoms with van der Waals surface area (Å²) in [5.41, 5.74) is 2.51. The molecule has 1 N–H and O–H groups in total. The number of nitrogens with one attached hydrogen (secondary N) is 1. The quantitative estimate of drug-likeness (QED) is 0.520. The summed E-state index contributed by atoms with van der Waals surface area (Å²) in [6, 6.07) is 11.3. The molecule has 0 aliphatic carbocycles. The lowest BCUT2D eigenvalue weighted by atomic mass is 10.1. The summed E-state index contributed by atoms with van der Waals surface area (Å²) in [5.74, 6) is 1.10. The first-order valence-electron chi connectivity index (χ1n) is 9.84. The zero-order valence-electron chi connectivity index (χ0n) is 17.5. The monoisotopic (exact) mass is 427 g/mol. The molecule has 8 heteroatoms. The fourth-order valence-electron chi connectivity index (χ4n) is 2.78. The van der Waals surface area contributed by atoms with Crippen molar-refractivity contribution >= 4 is 22.4 Å². The van der Waals surface area contributed by atoms with Gasteiger partial charge in [0, 0.05) is 11.1 Å². The van der Waals surface area contributed by atoms with Crippen LogP contribution in [0.1, 0.15) is 36.7 Å². The van der Waals surface area contributed by atoms with Crippen LogP contribution in [0.5, 0.6) is 17.2 Å². The Morgan fingerprint density at radius 1 is 0.933 bits per heavy atom. The van der Waals surface area contributed by atoms with Gasteiger partial charge in [-0.05, 0) is 39.8 Å². The molecule has 2 aromatic carbocycles. The van der Waals surface area contributed by atoms with Gasteiger partial charge in [0.15, 0.2) is 11.5 Å². The molecule has 0 atom stereocenters. The van der Waals surface area contributed by atoms with Crippen molar-refractivity contribution in [1.29, 1.82) is 0 Å². The molecule has 158 valence electrons. The van der Waals surface area contributed by atoms with Gasteiger partial charge in [-0.15, -0.1) is 10.2 Å². The maximum Gasteiger partial charge on any atom is 0.257 e. The van der Waals surface area contributed by atoms with Crippen LogP contribution in [0.3, 0.4) is 0 Å². The maximum absolute atomic E-state index is 12.9. The van der Waals surface area contributed by atoms with Crippen LogP contribution in [0.25, 0.3) is 10.6 Å². The van der Waals surface area contributed by atoms with E-state index in [2.05, 4.69) is 15.5 Å². The Morgan fingerprint density at radius 3 is 2.10 bits per heavy atom. The lowest BCUT2D eigenvalue weighted by Crippen LogP contribution is -2.13. The number of ether oxygens (including phenoxy) is 3. The highest BCUT2D eigenvalue weighted by atomic mass is 32.1. The molecule has 0 saturated heterocycles. The molecule has 7 nitrogen and oxygen atoms in total. The van der Waals surface area contributed by atoms with Gasteiger partial charge in [0.2, 0.25) is 10.9 Å². The zero-order valence-corrected chi connectivity index (χ0v) is 18.3. The van der Waals surface area contributed by atoms with Crippen molar-refractivity contribution in [1.82, 2.24) is 10.2 Å². The molecule has 3 aromatic rings. The van der Waals surface area contributed by atoms with Gasteiger partial charge in [0.25, 0.3) is 5.91 Å². The molecular formula is C22H25N3O4S. The third kappa shape index (κ3) is 5.07. The summed E-state index contributed by atoms with van der Waals surface area (Å²) in [4.78, 5) is 12.9. The van der Waals surface area contributed by atoms with E-state index in [1.807, 2.05) is 52.0 Å². The molecule has 30 heavy (non-hydrogen) atoms. The van der Waals surface area contributed by atoms with E-state index in [-0.39, 0.29) is 5.91 Å². The van der Waals surface area contributed by atoms with E-state index in [0.717, 1.165) is 10.6 Å². The van der Waals surface area contributed by atoms with E-state index >= 15 is 0 Å². The molecule has 0 saturated carbocycles. The van der Waals surface area contributed by atoms with Gasteiger partial charge in [0.1, 0.15) is 5.01 Å². The lowest BCUT2D eigenvalue weighted by Gasteiger charge is -2.16. The highest BCUT2D eigenvalue weighted by Crippen LogP contribution is 2.39. The summed E-state index contributed by atoms with van der Waals surface area (Å²) in [6.07, 6.45) is 0. The molecule has 0 unspecified atom stereocenters. The third-order valence-corrected chi connectivity index (χ3v) is 5.00. The number of anilines is 1. The number of hydrogen-bond donors (Lipinski definition) is 1. The molecule has 0 aliphatic rings. The number of carbonyl (C=O) groups is 1. The number of rotatable bonds is 9. The van der Waals surface area contributed by atoms with Crippen molar-refractivity contribution in [2.45, 2.75) is 27.7 Å². The zero-order chi connectivity index (χ0) is 21.5. The number of aryl methyl sites for hydroxylation is 1. The van der Waals surface area contributed by atoms with Crippen LogP contribution in [-0.4, -0.2) is 35.9 Å². The molecule has 0 bridgehead atoms. The molecule has 0 aliphatic heterocycles. The van der Waals surface area contributed by atoms with Gasteiger partial charge >= 0.3 is 0 Å². The van der Waals surface area contributed by atoms with Gasteiger partial charge in [-0.2, -0.15) is 0 Å². The molecule has 1 aromatic heterocycles. The molecule has 1 amide bonds. The van der Waals surface area contributed by atoms with Crippen LogP contribution < -0.4 is 19.5 Å². The minimum absolute atomic E-state index is 0.327. The van der Waals surface area contributed by atoms with E-state index in [1.54, 1.807) is 12.1 Å². The summed E-state index contributed by atoms with van der Waals surface area (Å²) in [6.45, 7) is 8.98. The number of carbonyl (C=O) groups excluding carboxylic acids is 1. The first-order chi connectivity index (χ1) is 14.5. The second kappa shape index (κ2) is 10.1. The minimum Gasteiger partial charge on any atom is -0.490 e. The van der Waals surface area contributed by atoms with Gasteiger partial charge in [0.05, 0.1) is 19.8 Å². The normalized spacial score (nSPS) is 10.5. The van der Waals surface area contributed by atoms with E-state index in [0.29, 0.717) is 47.8 Å². The van der Waals surface area contributed by atoms with E-state index in [9.17, 15) is 4.79 Å². The average Bonchev–Trinajstić information content (AvgIpc) is 3.19. The smallest absolute Gasteiger partial charge is 0.257 e. The molecule has 0 fully saturated rings. The van der Waals surface area contributed by atoms with Crippen LogP contribution in [-0.2, 0) is 0 Å². The van der Waals surface area contributed by atoms with Crippen LogP contribution >= 0.6 is 11.3 Å².